The Morgan fingerprint density at radius 2 is 2.24 bits per heavy atom. The zero-order valence-corrected chi connectivity index (χ0v) is 12.7. The number of likely N-dealkylation sites (N-methyl/N-ethyl adjacent to an activating group) is 1. The number of anilines is 1. The number of fused-ring (bicyclic) bond motifs is 1. The molecule has 7 nitrogen and oxygen atoms in total. The monoisotopic (exact) mass is 291 g/mol. The molecule has 0 radical (unpaired) electrons. The third-order valence-corrected chi connectivity index (χ3v) is 3.17. The molecule has 0 saturated carbocycles. The average Bonchev–Trinajstić information content (AvgIpc) is 2.87. The van der Waals surface area contributed by atoms with Gasteiger partial charge in [-0.25, -0.2) is 15.0 Å². The molecule has 1 N–H and O–H groups in total. The first-order valence-electron chi connectivity index (χ1n) is 6.71. The van der Waals surface area contributed by atoms with Gasteiger partial charge in [-0.2, -0.15) is 0 Å². The highest BCUT2D eigenvalue weighted by molar-refractivity contribution is 5.83. The van der Waals surface area contributed by atoms with Crippen LogP contribution in [0.1, 0.15) is 13.0 Å². The standard InChI is InChI=1S/C14H21N5O2/c1-10(2)5-18(3)13-12-14(16-8-15-13)19(9-17-12)11(6-20)7-21-4/h8-9,11,20H,1,5-7H2,2-4H3/t11-/m0/s1. The Bertz CT molecular complexity index is 625. The van der Waals surface area contributed by atoms with E-state index in [1.807, 2.05) is 23.4 Å². The third kappa shape index (κ3) is 3.20. The van der Waals surface area contributed by atoms with E-state index in [1.165, 1.54) is 6.33 Å². The maximum absolute atomic E-state index is 9.49. The van der Waals surface area contributed by atoms with Crippen LogP contribution >= 0.6 is 0 Å². The van der Waals surface area contributed by atoms with E-state index in [-0.39, 0.29) is 12.6 Å². The smallest absolute Gasteiger partial charge is 0.165 e. The Morgan fingerprint density at radius 1 is 1.48 bits per heavy atom. The molecule has 1 atom stereocenters. The molecule has 0 aromatic carbocycles. The molecule has 114 valence electrons. The van der Waals surface area contributed by atoms with Crippen LogP contribution < -0.4 is 4.90 Å². The maximum atomic E-state index is 9.49. The second-order valence-corrected chi connectivity index (χ2v) is 5.13. The first-order valence-corrected chi connectivity index (χ1v) is 6.71. The minimum Gasteiger partial charge on any atom is -0.394 e. The van der Waals surface area contributed by atoms with Crippen LogP contribution in [0, 0.1) is 0 Å². The van der Waals surface area contributed by atoms with Crippen LogP contribution in [0.5, 0.6) is 0 Å². The lowest BCUT2D eigenvalue weighted by atomic mass is 10.3. The van der Waals surface area contributed by atoms with Crippen molar-refractivity contribution in [1.29, 1.82) is 0 Å². The number of aliphatic hydroxyl groups is 1. The number of hydrogen-bond donors (Lipinski definition) is 1. The van der Waals surface area contributed by atoms with E-state index in [0.717, 1.165) is 11.4 Å². The lowest BCUT2D eigenvalue weighted by Gasteiger charge is -2.19. The van der Waals surface area contributed by atoms with Crippen LogP contribution in [0.3, 0.4) is 0 Å². The number of rotatable bonds is 7. The van der Waals surface area contributed by atoms with Crippen LogP contribution in [0.2, 0.25) is 0 Å². The van der Waals surface area contributed by atoms with E-state index < -0.39 is 0 Å². The minimum atomic E-state index is -0.214. The van der Waals surface area contributed by atoms with Crippen LogP contribution in [0.25, 0.3) is 11.2 Å². The lowest BCUT2D eigenvalue weighted by Crippen LogP contribution is -2.21. The van der Waals surface area contributed by atoms with Crippen molar-refractivity contribution in [1.82, 2.24) is 19.5 Å². The Kier molecular flexibility index (Phi) is 4.87. The molecule has 0 bridgehead atoms. The molecule has 0 aliphatic carbocycles. The van der Waals surface area contributed by atoms with E-state index in [9.17, 15) is 5.11 Å². The predicted octanol–water partition coefficient (Wildman–Crippen LogP) is 1.02. The highest BCUT2D eigenvalue weighted by Gasteiger charge is 2.18. The van der Waals surface area contributed by atoms with Gasteiger partial charge in [0.2, 0.25) is 0 Å². The number of methoxy groups -OCH3 is 1. The number of nitrogens with zero attached hydrogens (tertiary/aromatic N) is 5. The normalized spacial score (nSPS) is 12.6. The van der Waals surface area contributed by atoms with Crippen molar-refractivity contribution in [2.45, 2.75) is 13.0 Å². The molecule has 2 rings (SSSR count). The summed E-state index contributed by atoms with van der Waals surface area (Å²) in [5.41, 5.74) is 2.43. The third-order valence-electron chi connectivity index (χ3n) is 3.17. The quantitative estimate of drug-likeness (QED) is 0.768. The fourth-order valence-electron chi connectivity index (χ4n) is 2.28. The van der Waals surface area contributed by atoms with Gasteiger partial charge >= 0.3 is 0 Å². The van der Waals surface area contributed by atoms with Gasteiger partial charge in [-0.3, -0.25) is 0 Å². The van der Waals surface area contributed by atoms with Gasteiger partial charge < -0.3 is 19.3 Å². The number of hydrogen-bond acceptors (Lipinski definition) is 6. The fraction of sp³-hybridized carbons (Fsp3) is 0.500. The molecule has 0 unspecified atom stereocenters. The van der Waals surface area contributed by atoms with E-state index in [2.05, 4.69) is 21.5 Å². The largest absolute Gasteiger partial charge is 0.394 e. The highest BCUT2D eigenvalue weighted by Crippen LogP contribution is 2.23. The first kappa shape index (κ1) is 15.4. The van der Waals surface area contributed by atoms with Crippen LogP contribution in [-0.4, -0.2) is 58.5 Å². The molecule has 0 aliphatic heterocycles. The summed E-state index contributed by atoms with van der Waals surface area (Å²) in [7, 11) is 3.54. The fourth-order valence-corrected chi connectivity index (χ4v) is 2.28. The summed E-state index contributed by atoms with van der Waals surface area (Å²) >= 11 is 0. The first-order chi connectivity index (χ1) is 10.1. The SMILES string of the molecule is C=C(C)CN(C)c1ncnc2c1ncn2[C@@H](CO)COC. The van der Waals surface area contributed by atoms with E-state index in [4.69, 9.17) is 4.74 Å². The van der Waals surface area contributed by atoms with Crippen LogP contribution in [0.15, 0.2) is 24.8 Å². The molecule has 7 heteroatoms. The molecular formula is C14H21N5O2. The van der Waals surface area contributed by atoms with E-state index in [1.54, 1.807) is 13.4 Å². The Balaban J connectivity index is 2.43. The highest BCUT2D eigenvalue weighted by atomic mass is 16.5. The van der Waals surface area contributed by atoms with Crippen molar-refractivity contribution in [3.05, 3.63) is 24.8 Å². The van der Waals surface area contributed by atoms with Crippen molar-refractivity contribution in [3.63, 3.8) is 0 Å². The topological polar surface area (TPSA) is 76.3 Å². The molecule has 2 aromatic heterocycles. The summed E-state index contributed by atoms with van der Waals surface area (Å²) in [6.45, 7) is 6.92. The molecule has 21 heavy (non-hydrogen) atoms. The van der Waals surface area contributed by atoms with Crippen molar-refractivity contribution < 1.29 is 9.84 Å². The van der Waals surface area contributed by atoms with Gasteiger partial charge in [0.15, 0.2) is 17.0 Å². The lowest BCUT2D eigenvalue weighted by molar-refractivity contribution is 0.116. The molecule has 0 amide bonds. The van der Waals surface area contributed by atoms with Gasteiger partial charge in [-0.1, -0.05) is 12.2 Å². The summed E-state index contributed by atoms with van der Waals surface area (Å²) in [5.74, 6) is 0.746. The average molecular weight is 291 g/mol. The summed E-state index contributed by atoms with van der Waals surface area (Å²) in [4.78, 5) is 15.0. The van der Waals surface area contributed by atoms with Gasteiger partial charge in [-0.05, 0) is 6.92 Å². The summed E-state index contributed by atoms with van der Waals surface area (Å²) in [5, 5.41) is 9.49. The Labute approximate surface area is 123 Å². The van der Waals surface area contributed by atoms with Gasteiger partial charge in [0.1, 0.15) is 6.33 Å². The minimum absolute atomic E-state index is 0.0414. The van der Waals surface area contributed by atoms with Crippen molar-refractivity contribution in [2.24, 2.45) is 0 Å². The van der Waals surface area contributed by atoms with Crippen molar-refractivity contribution >= 4 is 17.0 Å². The number of aromatic nitrogens is 4. The molecular weight excluding hydrogens is 270 g/mol. The number of ether oxygens (including phenoxy) is 1. The second-order valence-electron chi connectivity index (χ2n) is 5.13. The van der Waals surface area contributed by atoms with Crippen molar-refractivity contribution in [2.75, 3.05) is 38.8 Å². The molecule has 2 heterocycles. The number of imidazole rings is 1. The van der Waals surface area contributed by atoms with Gasteiger partial charge in [0.25, 0.3) is 0 Å². The zero-order chi connectivity index (χ0) is 15.4. The van der Waals surface area contributed by atoms with Crippen molar-refractivity contribution in [3.8, 4) is 0 Å². The number of aliphatic hydroxyl groups excluding tert-OH is 1. The van der Waals surface area contributed by atoms with E-state index in [0.29, 0.717) is 24.3 Å². The second kappa shape index (κ2) is 6.64. The summed E-state index contributed by atoms with van der Waals surface area (Å²) in [6, 6.07) is -0.214. The Hall–Kier alpha value is -1.99. The van der Waals surface area contributed by atoms with E-state index >= 15 is 0 Å². The summed E-state index contributed by atoms with van der Waals surface area (Å²) in [6.07, 6.45) is 3.17. The Morgan fingerprint density at radius 3 is 2.86 bits per heavy atom. The molecule has 2 aromatic rings. The summed E-state index contributed by atoms with van der Waals surface area (Å²) < 4.78 is 6.94. The molecule has 0 aliphatic rings. The van der Waals surface area contributed by atoms with Crippen LogP contribution in [0.4, 0.5) is 5.82 Å². The van der Waals surface area contributed by atoms with Gasteiger partial charge in [-0.15, -0.1) is 0 Å². The predicted molar refractivity (Wildman–Crippen MR) is 81.4 cm³/mol. The van der Waals surface area contributed by atoms with Gasteiger partial charge in [0, 0.05) is 20.7 Å². The van der Waals surface area contributed by atoms with Gasteiger partial charge in [0.05, 0.1) is 25.6 Å². The molecule has 0 spiro atoms. The van der Waals surface area contributed by atoms with Crippen LogP contribution in [-0.2, 0) is 4.74 Å². The molecule has 0 fully saturated rings. The maximum Gasteiger partial charge on any atom is 0.165 e. The molecule has 0 saturated heterocycles. The zero-order valence-electron chi connectivity index (χ0n) is 12.7.